The number of pyridine rings is 1. The molecule has 28 heavy (non-hydrogen) atoms. The zero-order chi connectivity index (χ0) is 21.0. The summed E-state index contributed by atoms with van der Waals surface area (Å²) in [5.41, 5.74) is 5.72. The van der Waals surface area contributed by atoms with Gasteiger partial charge in [-0.25, -0.2) is 0 Å². The number of primary amides is 1. The minimum absolute atomic E-state index is 0.0224. The highest BCUT2D eigenvalue weighted by molar-refractivity contribution is 5.88. The standard InChI is InChI=1S/C17H22N4O4.CH2O2/c1-9(16(18)24)19-17(25)15-12-6-11(7-20(8-12)10(2)22)13-4-3-5-14(23)21(13)15;2-1-3/h3-5,9,11-12,15H,6-8H2,1-2H3,(H2,18,24)(H,19,25);1H,(H,2,3)/t9-,11+,12-,15+;/m0./s1. The minimum atomic E-state index is -0.833. The molecule has 0 radical (unpaired) electrons. The molecule has 2 aliphatic heterocycles. The van der Waals surface area contributed by atoms with E-state index in [1.54, 1.807) is 11.0 Å². The molecule has 0 aromatic carbocycles. The normalized spacial score (nSPS) is 23.4. The summed E-state index contributed by atoms with van der Waals surface area (Å²) in [6.07, 6.45) is 0.719. The van der Waals surface area contributed by atoms with Gasteiger partial charge >= 0.3 is 0 Å². The van der Waals surface area contributed by atoms with Crippen LogP contribution in [0.2, 0.25) is 0 Å². The van der Waals surface area contributed by atoms with E-state index < -0.39 is 23.9 Å². The zero-order valence-corrected chi connectivity index (χ0v) is 15.7. The van der Waals surface area contributed by atoms with Crippen LogP contribution >= 0.6 is 0 Å². The van der Waals surface area contributed by atoms with Gasteiger partial charge in [0.15, 0.2) is 0 Å². The van der Waals surface area contributed by atoms with Gasteiger partial charge in [0.05, 0.1) is 0 Å². The van der Waals surface area contributed by atoms with Gasteiger partial charge in [-0.2, -0.15) is 0 Å². The SMILES string of the molecule is CC(=O)N1C[C@H]2C[C@@H](C1)[C@H](C(=O)N[C@@H](C)C(N)=O)n1c2cccc1=O.O=CO. The van der Waals surface area contributed by atoms with Crippen molar-refractivity contribution < 1.29 is 24.3 Å². The molecule has 3 rings (SSSR count). The molecule has 3 heterocycles. The maximum absolute atomic E-state index is 12.8. The Morgan fingerprint density at radius 2 is 1.96 bits per heavy atom. The third kappa shape index (κ3) is 4.21. The monoisotopic (exact) mass is 392 g/mol. The van der Waals surface area contributed by atoms with Crippen molar-refractivity contribution in [1.29, 1.82) is 0 Å². The van der Waals surface area contributed by atoms with Crippen molar-refractivity contribution in [3.8, 4) is 0 Å². The van der Waals surface area contributed by atoms with E-state index >= 15 is 0 Å². The quantitative estimate of drug-likeness (QED) is 0.564. The number of nitrogens with one attached hydrogen (secondary N) is 1. The summed E-state index contributed by atoms with van der Waals surface area (Å²) < 4.78 is 1.51. The number of nitrogens with two attached hydrogens (primary N) is 1. The molecule has 1 aromatic heterocycles. The minimum Gasteiger partial charge on any atom is -0.483 e. The lowest BCUT2D eigenvalue weighted by Crippen LogP contribution is -2.55. The lowest BCUT2D eigenvalue weighted by atomic mass is 9.78. The van der Waals surface area contributed by atoms with Crippen LogP contribution in [0.15, 0.2) is 23.0 Å². The van der Waals surface area contributed by atoms with Crippen molar-refractivity contribution in [1.82, 2.24) is 14.8 Å². The summed E-state index contributed by atoms with van der Waals surface area (Å²) >= 11 is 0. The van der Waals surface area contributed by atoms with Crippen LogP contribution in [0.3, 0.4) is 0 Å². The summed E-state index contributed by atoms with van der Waals surface area (Å²) in [5, 5.41) is 9.48. The Kier molecular flexibility index (Phi) is 6.55. The number of fused-ring (bicyclic) bond motifs is 4. The van der Waals surface area contributed by atoms with Gasteiger partial charge < -0.3 is 21.1 Å². The molecule has 1 aromatic rings. The number of rotatable bonds is 3. The van der Waals surface area contributed by atoms with Crippen molar-refractivity contribution >= 4 is 24.2 Å². The maximum Gasteiger partial charge on any atom is 0.290 e. The highest BCUT2D eigenvalue weighted by Gasteiger charge is 2.44. The fourth-order valence-electron chi connectivity index (χ4n) is 3.90. The number of likely N-dealkylation sites (tertiary alicyclic amines) is 1. The molecular weight excluding hydrogens is 368 g/mol. The number of carbonyl (C=O) groups is 4. The van der Waals surface area contributed by atoms with Crippen LogP contribution in [0.5, 0.6) is 0 Å². The molecule has 2 bridgehead atoms. The van der Waals surface area contributed by atoms with Crippen molar-refractivity contribution in [3.63, 3.8) is 0 Å². The van der Waals surface area contributed by atoms with Gasteiger partial charge in [-0.15, -0.1) is 0 Å². The van der Waals surface area contributed by atoms with Crippen molar-refractivity contribution in [3.05, 3.63) is 34.2 Å². The number of hydrogen-bond donors (Lipinski definition) is 3. The number of hydrogen-bond acceptors (Lipinski definition) is 5. The Morgan fingerprint density at radius 3 is 2.54 bits per heavy atom. The van der Waals surface area contributed by atoms with E-state index in [9.17, 15) is 19.2 Å². The number of amides is 3. The van der Waals surface area contributed by atoms with Crippen molar-refractivity contribution in [2.45, 2.75) is 38.3 Å². The summed E-state index contributed by atoms with van der Waals surface area (Å²) in [4.78, 5) is 58.5. The van der Waals surface area contributed by atoms with Gasteiger partial charge in [-0.05, 0) is 19.4 Å². The number of carbonyl (C=O) groups excluding carboxylic acids is 3. The van der Waals surface area contributed by atoms with E-state index in [2.05, 4.69) is 5.32 Å². The predicted octanol–water partition coefficient (Wildman–Crippen LogP) is -0.954. The average Bonchev–Trinajstić information content (AvgIpc) is 2.63. The lowest BCUT2D eigenvalue weighted by molar-refractivity contribution is -0.136. The van der Waals surface area contributed by atoms with Crippen LogP contribution in [0.25, 0.3) is 0 Å². The number of nitrogens with zero attached hydrogens (tertiary/aromatic N) is 2. The van der Waals surface area contributed by atoms with Crippen molar-refractivity contribution in [2.24, 2.45) is 11.7 Å². The summed E-state index contributed by atoms with van der Waals surface area (Å²) in [7, 11) is 0. The average molecular weight is 392 g/mol. The fourth-order valence-corrected chi connectivity index (χ4v) is 3.90. The molecular formula is C18H24N4O6. The van der Waals surface area contributed by atoms with E-state index in [1.807, 2.05) is 6.07 Å². The van der Waals surface area contributed by atoms with Gasteiger partial charge in [0.25, 0.3) is 12.0 Å². The number of piperidine rings is 1. The molecule has 3 amide bonds. The van der Waals surface area contributed by atoms with Gasteiger partial charge in [-0.3, -0.25) is 28.5 Å². The summed E-state index contributed by atoms with van der Waals surface area (Å²) in [5.74, 6) is -1.28. The summed E-state index contributed by atoms with van der Waals surface area (Å²) in [6, 6.07) is 3.32. The highest BCUT2D eigenvalue weighted by Crippen LogP contribution is 2.41. The molecule has 4 N–H and O–H groups in total. The largest absolute Gasteiger partial charge is 0.483 e. The molecule has 1 fully saturated rings. The fraction of sp³-hybridized carbons (Fsp3) is 0.500. The van der Waals surface area contributed by atoms with E-state index in [0.717, 1.165) is 12.1 Å². The Bertz CT molecular complexity index is 836. The van der Waals surface area contributed by atoms with Crippen LogP contribution in [0, 0.1) is 5.92 Å². The van der Waals surface area contributed by atoms with E-state index in [1.165, 1.54) is 24.5 Å². The molecule has 4 atom stereocenters. The van der Waals surface area contributed by atoms with Crippen LogP contribution in [0.1, 0.15) is 37.9 Å². The first-order valence-corrected chi connectivity index (χ1v) is 8.85. The molecule has 2 aliphatic rings. The first-order chi connectivity index (χ1) is 13.2. The van der Waals surface area contributed by atoms with Crippen molar-refractivity contribution in [2.75, 3.05) is 13.1 Å². The molecule has 152 valence electrons. The number of aromatic nitrogens is 1. The first kappa shape index (κ1) is 21.1. The number of carboxylic acid groups (broad SMARTS) is 1. The van der Waals surface area contributed by atoms with Crippen LogP contribution in [0.4, 0.5) is 0 Å². The molecule has 0 spiro atoms. The second-order valence-corrected chi connectivity index (χ2v) is 6.96. The van der Waals surface area contributed by atoms with E-state index in [-0.39, 0.29) is 29.8 Å². The van der Waals surface area contributed by atoms with Gasteiger partial charge in [0, 0.05) is 43.6 Å². The van der Waals surface area contributed by atoms with Gasteiger partial charge in [-0.1, -0.05) is 6.07 Å². The van der Waals surface area contributed by atoms with Gasteiger partial charge in [0.1, 0.15) is 12.1 Å². The third-order valence-corrected chi connectivity index (χ3v) is 5.15. The second kappa shape index (κ2) is 8.68. The molecule has 0 saturated carbocycles. The Morgan fingerprint density at radius 1 is 1.32 bits per heavy atom. The third-order valence-electron chi connectivity index (χ3n) is 5.15. The van der Waals surface area contributed by atoms with Gasteiger partial charge in [0.2, 0.25) is 17.7 Å². The Labute approximate surface area is 161 Å². The van der Waals surface area contributed by atoms with E-state index in [4.69, 9.17) is 15.6 Å². The molecule has 1 saturated heterocycles. The lowest BCUT2D eigenvalue weighted by Gasteiger charge is -2.46. The molecule has 0 aliphatic carbocycles. The topological polar surface area (TPSA) is 152 Å². The smallest absolute Gasteiger partial charge is 0.290 e. The Balaban J connectivity index is 0.000000878. The van der Waals surface area contributed by atoms with E-state index in [0.29, 0.717) is 13.1 Å². The Hall–Kier alpha value is -3.17. The second-order valence-electron chi connectivity index (χ2n) is 6.96. The molecule has 10 heteroatoms. The first-order valence-electron chi connectivity index (χ1n) is 8.85. The van der Waals surface area contributed by atoms with Crippen LogP contribution < -0.4 is 16.6 Å². The maximum atomic E-state index is 12.8. The predicted molar refractivity (Wildman–Crippen MR) is 98.3 cm³/mol. The zero-order valence-electron chi connectivity index (χ0n) is 15.7. The van der Waals surface area contributed by atoms with Crippen LogP contribution in [-0.4, -0.2) is 57.9 Å². The molecule has 0 unspecified atom stereocenters. The summed E-state index contributed by atoms with van der Waals surface area (Å²) in [6.45, 7) is 3.71. The van der Waals surface area contributed by atoms with Crippen LogP contribution in [-0.2, 0) is 19.2 Å². The molecule has 10 nitrogen and oxygen atoms in total. The highest BCUT2D eigenvalue weighted by atomic mass is 16.3.